The Morgan fingerprint density at radius 3 is 2.81 bits per heavy atom. The Labute approximate surface area is 124 Å². The molecule has 0 saturated carbocycles. The Morgan fingerprint density at radius 1 is 1.38 bits per heavy atom. The maximum Gasteiger partial charge on any atom is 0.259 e. The number of hydrogen-bond acceptors (Lipinski definition) is 6. The molecule has 0 atom stereocenters. The largest absolute Gasteiger partial charge is 0.269 e. The first-order valence-electron chi connectivity index (χ1n) is 6.04. The predicted octanol–water partition coefficient (Wildman–Crippen LogP) is 0.713. The van der Waals surface area contributed by atoms with E-state index in [2.05, 4.69) is 10.1 Å². The Bertz CT molecular complexity index is 982. The molecule has 0 unspecified atom stereocenters. The fourth-order valence-electron chi connectivity index (χ4n) is 1.97. The van der Waals surface area contributed by atoms with Crippen molar-refractivity contribution in [3.8, 4) is 0 Å². The lowest BCUT2D eigenvalue weighted by molar-refractivity contribution is 0.601. The molecule has 0 spiro atoms. The fraction of sp³-hybridized carbons (Fsp3) is 0.250. The first kappa shape index (κ1) is 14.0. The van der Waals surface area contributed by atoms with E-state index in [1.807, 2.05) is 12.3 Å². The van der Waals surface area contributed by atoms with Gasteiger partial charge in [0.2, 0.25) is 0 Å². The minimum Gasteiger partial charge on any atom is -0.269 e. The van der Waals surface area contributed by atoms with Crippen LogP contribution in [0.1, 0.15) is 11.4 Å². The number of fused-ring (bicyclic) bond motifs is 1. The first-order valence-corrected chi connectivity index (χ1v) is 8.81. The Hall–Kier alpha value is -2.00. The third-order valence-corrected chi connectivity index (χ3v) is 5.00. The molecule has 0 amide bonds. The van der Waals surface area contributed by atoms with Crippen molar-refractivity contribution in [3.05, 3.63) is 45.6 Å². The van der Waals surface area contributed by atoms with E-state index in [1.54, 1.807) is 4.40 Å². The van der Waals surface area contributed by atoms with Crippen molar-refractivity contribution >= 4 is 26.1 Å². The molecule has 0 N–H and O–H groups in total. The second kappa shape index (κ2) is 4.78. The first-order chi connectivity index (χ1) is 9.84. The summed E-state index contributed by atoms with van der Waals surface area (Å²) in [5.41, 5.74) is 1.24. The molecule has 0 aliphatic heterocycles. The number of thiazole rings is 1. The van der Waals surface area contributed by atoms with Gasteiger partial charge in [0.25, 0.3) is 5.56 Å². The molecule has 0 bridgehead atoms. The molecule has 110 valence electrons. The van der Waals surface area contributed by atoms with Crippen LogP contribution in [0.25, 0.3) is 4.96 Å². The SMILES string of the molecule is Cc1csc2nc(Cn3cc(S(C)(=O)=O)cn3)cc(=O)n12. The standard InChI is InChI=1S/C12H12N4O3S2/c1-8-7-20-12-14-9(3-11(17)16(8)12)5-15-6-10(4-13-15)21(2,18)19/h3-4,6-7H,5H2,1-2H3. The highest BCUT2D eigenvalue weighted by Crippen LogP contribution is 2.12. The van der Waals surface area contributed by atoms with Crippen molar-refractivity contribution in [2.75, 3.05) is 6.26 Å². The molecule has 3 rings (SSSR count). The molecule has 7 nitrogen and oxygen atoms in total. The summed E-state index contributed by atoms with van der Waals surface area (Å²) >= 11 is 1.39. The van der Waals surface area contributed by atoms with Gasteiger partial charge in [-0.15, -0.1) is 11.3 Å². The van der Waals surface area contributed by atoms with E-state index in [-0.39, 0.29) is 17.0 Å². The molecule has 3 heterocycles. The van der Waals surface area contributed by atoms with Crippen molar-refractivity contribution in [2.45, 2.75) is 18.4 Å². The summed E-state index contributed by atoms with van der Waals surface area (Å²) < 4.78 is 25.8. The highest BCUT2D eigenvalue weighted by atomic mass is 32.2. The topological polar surface area (TPSA) is 86.3 Å². The molecule has 0 saturated heterocycles. The maximum absolute atomic E-state index is 12.0. The predicted molar refractivity (Wildman–Crippen MR) is 78.5 cm³/mol. The van der Waals surface area contributed by atoms with Gasteiger partial charge in [-0.25, -0.2) is 13.4 Å². The van der Waals surface area contributed by atoms with E-state index in [0.29, 0.717) is 10.7 Å². The van der Waals surface area contributed by atoms with Crippen LogP contribution in [0.4, 0.5) is 0 Å². The van der Waals surface area contributed by atoms with Gasteiger partial charge in [0.15, 0.2) is 14.8 Å². The number of aryl methyl sites for hydroxylation is 1. The van der Waals surface area contributed by atoms with Gasteiger partial charge in [-0.05, 0) is 6.92 Å². The number of aromatic nitrogens is 4. The molecule has 0 aromatic carbocycles. The van der Waals surface area contributed by atoms with Gasteiger partial charge < -0.3 is 0 Å². The van der Waals surface area contributed by atoms with Crippen LogP contribution in [-0.2, 0) is 16.4 Å². The normalized spacial score (nSPS) is 12.1. The van der Waals surface area contributed by atoms with E-state index in [9.17, 15) is 13.2 Å². The lowest BCUT2D eigenvalue weighted by Gasteiger charge is -2.02. The zero-order valence-electron chi connectivity index (χ0n) is 11.3. The summed E-state index contributed by atoms with van der Waals surface area (Å²) in [5.74, 6) is 0. The van der Waals surface area contributed by atoms with Crippen molar-refractivity contribution in [2.24, 2.45) is 0 Å². The zero-order valence-corrected chi connectivity index (χ0v) is 13.0. The summed E-state index contributed by atoms with van der Waals surface area (Å²) in [6, 6.07) is 1.44. The molecule has 3 aromatic rings. The molecular formula is C12H12N4O3S2. The van der Waals surface area contributed by atoms with Crippen molar-refractivity contribution < 1.29 is 8.42 Å². The quantitative estimate of drug-likeness (QED) is 0.708. The second-order valence-electron chi connectivity index (χ2n) is 4.73. The van der Waals surface area contributed by atoms with E-state index < -0.39 is 9.84 Å². The van der Waals surface area contributed by atoms with Gasteiger partial charge >= 0.3 is 0 Å². The van der Waals surface area contributed by atoms with Crippen LogP contribution >= 0.6 is 11.3 Å². The van der Waals surface area contributed by atoms with Gasteiger partial charge in [-0.3, -0.25) is 13.9 Å². The van der Waals surface area contributed by atoms with Gasteiger partial charge in [-0.2, -0.15) is 5.10 Å². The minimum atomic E-state index is -3.28. The average molecular weight is 324 g/mol. The molecule has 0 radical (unpaired) electrons. The lowest BCUT2D eigenvalue weighted by Crippen LogP contribution is -2.16. The van der Waals surface area contributed by atoms with Crippen molar-refractivity contribution in [3.63, 3.8) is 0 Å². The van der Waals surface area contributed by atoms with Crippen LogP contribution in [0.2, 0.25) is 0 Å². The average Bonchev–Trinajstić information content (AvgIpc) is 2.96. The fourth-order valence-corrected chi connectivity index (χ4v) is 3.41. The summed E-state index contributed by atoms with van der Waals surface area (Å²) in [6.45, 7) is 2.09. The molecule has 21 heavy (non-hydrogen) atoms. The van der Waals surface area contributed by atoms with Gasteiger partial charge in [0.05, 0.1) is 18.4 Å². The maximum atomic E-state index is 12.0. The summed E-state index contributed by atoms with van der Waals surface area (Å²) in [4.78, 5) is 17.2. The highest BCUT2D eigenvalue weighted by Gasteiger charge is 2.11. The van der Waals surface area contributed by atoms with E-state index in [0.717, 1.165) is 11.9 Å². The molecule has 0 aliphatic carbocycles. The van der Waals surface area contributed by atoms with Crippen molar-refractivity contribution in [1.82, 2.24) is 19.2 Å². The van der Waals surface area contributed by atoms with Gasteiger partial charge in [0.1, 0.15) is 4.90 Å². The van der Waals surface area contributed by atoms with Crippen molar-refractivity contribution in [1.29, 1.82) is 0 Å². The Morgan fingerprint density at radius 2 is 2.14 bits per heavy atom. The highest BCUT2D eigenvalue weighted by molar-refractivity contribution is 7.90. The summed E-state index contributed by atoms with van der Waals surface area (Å²) in [5, 5.41) is 5.85. The molecule has 0 aliphatic rings. The lowest BCUT2D eigenvalue weighted by atomic mass is 10.4. The van der Waals surface area contributed by atoms with E-state index in [1.165, 1.54) is 34.5 Å². The molecular weight excluding hydrogens is 312 g/mol. The number of rotatable bonds is 3. The number of sulfone groups is 1. The van der Waals surface area contributed by atoms with Crippen LogP contribution in [0.5, 0.6) is 0 Å². The molecule has 3 aromatic heterocycles. The van der Waals surface area contributed by atoms with Gasteiger partial charge in [-0.1, -0.05) is 0 Å². The minimum absolute atomic E-state index is 0.146. The monoisotopic (exact) mass is 324 g/mol. The zero-order chi connectivity index (χ0) is 15.2. The van der Waals surface area contributed by atoms with Crippen LogP contribution in [0, 0.1) is 6.92 Å². The van der Waals surface area contributed by atoms with Crippen LogP contribution in [0.15, 0.2) is 33.5 Å². The third kappa shape index (κ3) is 2.61. The van der Waals surface area contributed by atoms with E-state index in [4.69, 9.17) is 0 Å². The Kier molecular flexibility index (Phi) is 3.18. The van der Waals surface area contributed by atoms with Gasteiger partial charge in [0, 0.05) is 29.6 Å². The van der Waals surface area contributed by atoms with Crippen LogP contribution < -0.4 is 5.56 Å². The molecule has 9 heteroatoms. The number of nitrogens with zero attached hydrogens (tertiary/aromatic N) is 4. The van der Waals surface area contributed by atoms with E-state index >= 15 is 0 Å². The third-order valence-electron chi connectivity index (χ3n) is 2.99. The Balaban J connectivity index is 1.99. The number of hydrogen-bond donors (Lipinski definition) is 0. The second-order valence-corrected chi connectivity index (χ2v) is 7.58. The molecule has 0 fully saturated rings. The smallest absolute Gasteiger partial charge is 0.259 e. The summed E-state index contributed by atoms with van der Waals surface area (Å²) in [6.07, 6.45) is 3.84. The van der Waals surface area contributed by atoms with Crippen LogP contribution in [-0.4, -0.2) is 33.8 Å². The van der Waals surface area contributed by atoms with Crippen LogP contribution in [0.3, 0.4) is 0 Å². The summed E-state index contributed by atoms with van der Waals surface area (Å²) in [7, 11) is -3.28.